The fraction of sp³-hybridized carbons (Fsp3) is 0. The number of ether oxygens (including phenoxy) is 2. The van der Waals surface area contributed by atoms with E-state index >= 15 is 0 Å². The van der Waals surface area contributed by atoms with E-state index < -0.39 is 11.9 Å². The first-order valence-electron chi connectivity index (χ1n) is 10.0. The van der Waals surface area contributed by atoms with E-state index in [1.807, 2.05) is 53.5 Å². The topological polar surface area (TPSA) is 56.5 Å². The maximum atomic E-state index is 12.8. The van der Waals surface area contributed by atoms with Crippen molar-refractivity contribution in [3.63, 3.8) is 0 Å². The number of hydrogen-bond donors (Lipinski definition) is 0. The molecule has 5 nitrogen and oxygen atoms in total. The molecule has 0 spiro atoms. The second-order valence-corrected chi connectivity index (χ2v) is 6.82. The van der Waals surface area contributed by atoms with Gasteiger partial charge in [0.1, 0.15) is 0 Å². The molecule has 0 saturated heterocycles. The zero-order chi connectivity index (χ0) is 22.2. The first-order valence-corrected chi connectivity index (χ1v) is 10.0. The summed E-state index contributed by atoms with van der Waals surface area (Å²) in [5.74, 6) is -0.765. The van der Waals surface area contributed by atoms with Gasteiger partial charge in [0.25, 0.3) is 0 Å². The van der Waals surface area contributed by atoms with E-state index in [2.05, 4.69) is 0 Å². The van der Waals surface area contributed by atoms with Crippen LogP contribution < -0.4 is 14.0 Å². The molecule has 0 saturated carbocycles. The summed E-state index contributed by atoms with van der Waals surface area (Å²) in [6.45, 7) is 0. The molecule has 3 aromatic carbocycles. The van der Waals surface area contributed by atoms with Gasteiger partial charge in [-0.2, -0.15) is 4.57 Å². The SMILES string of the molecule is O=C(Oc1cccc(/C=C\[n+]2ccccc2)c1OC(=O)c1ccccc1)c1ccccc1. The number of rotatable bonds is 6. The van der Waals surface area contributed by atoms with E-state index in [0.717, 1.165) is 0 Å². The molecule has 0 N–H and O–H groups in total. The molecule has 4 rings (SSSR count). The Hall–Kier alpha value is -4.51. The molecule has 1 heterocycles. The van der Waals surface area contributed by atoms with Crippen molar-refractivity contribution >= 4 is 24.2 Å². The minimum Gasteiger partial charge on any atom is -0.419 e. The Morgan fingerprint density at radius 2 is 1.19 bits per heavy atom. The summed E-state index contributed by atoms with van der Waals surface area (Å²) in [6.07, 6.45) is 7.36. The number of benzene rings is 3. The van der Waals surface area contributed by atoms with E-state index in [-0.39, 0.29) is 11.5 Å². The predicted molar refractivity (Wildman–Crippen MR) is 121 cm³/mol. The van der Waals surface area contributed by atoms with Gasteiger partial charge in [-0.1, -0.05) is 54.6 Å². The molecule has 0 aliphatic heterocycles. The molecule has 0 fully saturated rings. The molecule has 0 atom stereocenters. The zero-order valence-corrected chi connectivity index (χ0v) is 17.1. The summed E-state index contributed by atoms with van der Waals surface area (Å²) in [5.41, 5.74) is 1.38. The number of pyridine rings is 1. The van der Waals surface area contributed by atoms with Crippen LogP contribution in [-0.4, -0.2) is 11.9 Å². The molecule has 0 aliphatic rings. The molecule has 156 valence electrons. The normalized spacial score (nSPS) is 10.6. The van der Waals surface area contributed by atoms with Gasteiger partial charge in [-0.15, -0.1) is 0 Å². The minimum atomic E-state index is -0.546. The third-order valence-corrected chi connectivity index (χ3v) is 4.59. The largest absolute Gasteiger partial charge is 0.419 e. The number of carbonyl (C=O) groups excluding carboxylic acids is 2. The van der Waals surface area contributed by atoms with E-state index in [4.69, 9.17) is 9.47 Å². The van der Waals surface area contributed by atoms with Crippen molar-refractivity contribution in [2.24, 2.45) is 0 Å². The van der Waals surface area contributed by atoms with Crippen LogP contribution in [0, 0.1) is 0 Å². The van der Waals surface area contributed by atoms with E-state index in [1.165, 1.54) is 0 Å². The molecule has 32 heavy (non-hydrogen) atoms. The molecule has 0 amide bonds. The lowest BCUT2D eigenvalue weighted by atomic mass is 10.1. The van der Waals surface area contributed by atoms with Gasteiger partial charge < -0.3 is 9.47 Å². The van der Waals surface area contributed by atoms with Gasteiger partial charge in [-0.3, -0.25) is 0 Å². The second kappa shape index (κ2) is 10.00. The molecule has 0 unspecified atom stereocenters. The van der Waals surface area contributed by atoms with Crippen LogP contribution in [0.4, 0.5) is 0 Å². The summed E-state index contributed by atoms with van der Waals surface area (Å²) in [5, 5.41) is 0. The second-order valence-electron chi connectivity index (χ2n) is 6.82. The quantitative estimate of drug-likeness (QED) is 0.248. The number of aromatic nitrogens is 1. The lowest BCUT2D eigenvalue weighted by Gasteiger charge is -2.13. The van der Waals surface area contributed by atoms with Crippen molar-refractivity contribution in [3.05, 3.63) is 126 Å². The lowest BCUT2D eigenvalue weighted by molar-refractivity contribution is -0.567. The highest BCUT2D eigenvalue weighted by Crippen LogP contribution is 2.33. The highest BCUT2D eigenvalue weighted by Gasteiger charge is 2.19. The highest BCUT2D eigenvalue weighted by molar-refractivity contribution is 5.94. The Morgan fingerprint density at radius 1 is 0.625 bits per heavy atom. The zero-order valence-electron chi connectivity index (χ0n) is 17.1. The monoisotopic (exact) mass is 422 g/mol. The molecular weight excluding hydrogens is 402 g/mol. The molecule has 0 aliphatic carbocycles. The molecule has 4 aromatic rings. The number of esters is 2. The van der Waals surface area contributed by atoms with E-state index in [9.17, 15) is 9.59 Å². The molecule has 0 radical (unpaired) electrons. The van der Waals surface area contributed by atoms with Crippen molar-refractivity contribution in [2.75, 3.05) is 0 Å². The van der Waals surface area contributed by atoms with E-state index in [1.54, 1.807) is 72.8 Å². The third-order valence-electron chi connectivity index (χ3n) is 4.59. The number of hydrogen-bond acceptors (Lipinski definition) is 4. The van der Waals surface area contributed by atoms with Crippen molar-refractivity contribution < 1.29 is 23.6 Å². The van der Waals surface area contributed by atoms with Crippen LogP contribution in [0.25, 0.3) is 12.3 Å². The van der Waals surface area contributed by atoms with Crippen LogP contribution in [0.2, 0.25) is 0 Å². The number of nitrogens with zero attached hydrogens (tertiary/aromatic N) is 1. The summed E-state index contributed by atoms with van der Waals surface area (Å²) in [4.78, 5) is 25.4. The minimum absolute atomic E-state index is 0.156. The van der Waals surface area contributed by atoms with Gasteiger partial charge in [0, 0.05) is 23.8 Å². The summed E-state index contributed by atoms with van der Waals surface area (Å²) in [7, 11) is 0. The van der Waals surface area contributed by atoms with E-state index in [0.29, 0.717) is 16.7 Å². The maximum Gasteiger partial charge on any atom is 0.343 e. The van der Waals surface area contributed by atoms with Crippen molar-refractivity contribution in [2.45, 2.75) is 0 Å². The first kappa shape index (κ1) is 20.8. The Morgan fingerprint density at radius 3 is 1.81 bits per heavy atom. The van der Waals surface area contributed by atoms with Crippen LogP contribution in [0.5, 0.6) is 11.5 Å². The predicted octanol–water partition coefficient (Wildman–Crippen LogP) is 5.04. The molecule has 1 aromatic heterocycles. The fourth-order valence-corrected chi connectivity index (χ4v) is 2.99. The van der Waals surface area contributed by atoms with Crippen LogP contribution in [0.15, 0.2) is 109 Å². The van der Waals surface area contributed by atoms with Crippen LogP contribution >= 0.6 is 0 Å². The molecule has 5 heteroatoms. The summed E-state index contributed by atoms with van der Waals surface area (Å²) < 4.78 is 13.2. The van der Waals surface area contributed by atoms with Gasteiger partial charge >= 0.3 is 11.9 Å². The van der Waals surface area contributed by atoms with Gasteiger partial charge in [-0.25, -0.2) is 9.59 Å². The Bertz CT molecular complexity index is 1240. The van der Waals surface area contributed by atoms with Crippen molar-refractivity contribution in [1.29, 1.82) is 0 Å². The average Bonchev–Trinajstić information content (AvgIpc) is 2.85. The average molecular weight is 422 g/mol. The third kappa shape index (κ3) is 5.15. The Kier molecular flexibility index (Phi) is 6.48. The Labute approximate surface area is 185 Å². The number of carbonyl (C=O) groups is 2. The van der Waals surface area contributed by atoms with Gasteiger partial charge in [-0.05, 0) is 30.3 Å². The maximum absolute atomic E-state index is 12.8. The highest BCUT2D eigenvalue weighted by atomic mass is 16.6. The van der Waals surface area contributed by atoms with Crippen molar-refractivity contribution in [3.8, 4) is 11.5 Å². The fourth-order valence-electron chi connectivity index (χ4n) is 2.99. The van der Waals surface area contributed by atoms with Crippen molar-refractivity contribution in [1.82, 2.24) is 0 Å². The van der Waals surface area contributed by atoms with Crippen LogP contribution in [0.3, 0.4) is 0 Å². The molecular formula is C27H20NO4+. The van der Waals surface area contributed by atoms with Crippen LogP contribution in [-0.2, 0) is 0 Å². The summed E-state index contributed by atoms with van der Waals surface area (Å²) >= 11 is 0. The summed E-state index contributed by atoms with van der Waals surface area (Å²) in [6, 6.07) is 28.1. The lowest BCUT2D eigenvalue weighted by Crippen LogP contribution is -2.23. The van der Waals surface area contributed by atoms with Gasteiger partial charge in [0.15, 0.2) is 30.1 Å². The van der Waals surface area contributed by atoms with Gasteiger partial charge in [0.05, 0.1) is 11.1 Å². The number of para-hydroxylation sites is 1. The standard InChI is InChI=1S/C27H20NO4/c29-26(22-11-4-1-5-12-22)31-24-16-10-15-21(17-20-28-18-8-3-9-19-28)25(24)32-27(30)23-13-6-2-7-14-23/h1-20H/q+1/b20-17-. The van der Waals surface area contributed by atoms with Crippen LogP contribution in [0.1, 0.15) is 26.3 Å². The van der Waals surface area contributed by atoms with Gasteiger partial charge in [0.2, 0.25) is 0 Å². The Balaban J connectivity index is 1.69. The smallest absolute Gasteiger partial charge is 0.343 e. The molecule has 0 bridgehead atoms. The first-order chi connectivity index (χ1) is 15.7.